The van der Waals surface area contributed by atoms with Crippen LogP contribution in [0.2, 0.25) is 0 Å². The van der Waals surface area contributed by atoms with E-state index in [1.165, 1.54) is 0 Å². The first kappa shape index (κ1) is 15.6. The molecule has 1 aliphatic heterocycles. The fourth-order valence-corrected chi connectivity index (χ4v) is 3.05. The van der Waals surface area contributed by atoms with Gasteiger partial charge >= 0.3 is 0 Å². The number of benzene rings is 2. The van der Waals surface area contributed by atoms with Crippen LogP contribution in [0.3, 0.4) is 0 Å². The molecule has 1 aliphatic rings. The summed E-state index contributed by atoms with van der Waals surface area (Å²) in [4.78, 5) is 19.3. The number of carbonyl (C=O) groups excluding carboxylic acids is 1. The molecule has 25 heavy (non-hydrogen) atoms. The highest BCUT2D eigenvalue weighted by atomic mass is 16.5. The minimum atomic E-state index is -0.154. The molecule has 1 saturated heterocycles. The average Bonchev–Trinajstić information content (AvgIpc) is 2.68. The van der Waals surface area contributed by atoms with Crippen molar-refractivity contribution in [2.45, 2.75) is 0 Å². The van der Waals surface area contributed by atoms with Gasteiger partial charge in [-0.25, -0.2) is 0 Å². The van der Waals surface area contributed by atoms with Crippen molar-refractivity contribution in [2.75, 3.05) is 36.5 Å². The zero-order valence-corrected chi connectivity index (χ0v) is 13.8. The van der Waals surface area contributed by atoms with Crippen molar-refractivity contribution >= 4 is 28.2 Å². The number of nitrogens with zero attached hydrogens (tertiary/aromatic N) is 2. The first-order valence-electron chi connectivity index (χ1n) is 8.39. The van der Waals surface area contributed by atoms with Gasteiger partial charge in [0.25, 0.3) is 5.91 Å². The van der Waals surface area contributed by atoms with Crippen molar-refractivity contribution in [1.82, 2.24) is 4.98 Å². The molecule has 4 rings (SSSR count). The molecule has 2 heterocycles. The molecular formula is C20H19N3O2. The highest BCUT2D eigenvalue weighted by Gasteiger charge is 2.16. The molecule has 1 amide bonds. The highest BCUT2D eigenvalue weighted by Crippen LogP contribution is 2.27. The summed E-state index contributed by atoms with van der Waals surface area (Å²) in [5.74, 6) is -0.154. The van der Waals surface area contributed by atoms with Gasteiger partial charge in [-0.1, -0.05) is 30.3 Å². The van der Waals surface area contributed by atoms with Gasteiger partial charge in [0.1, 0.15) is 0 Å². The topological polar surface area (TPSA) is 54.5 Å². The van der Waals surface area contributed by atoms with Crippen LogP contribution in [-0.2, 0) is 4.74 Å². The van der Waals surface area contributed by atoms with E-state index in [9.17, 15) is 4.79 Å². The van der Waals surface area contributed by atoms with Gasteiger partial charge in [0.15, 0.2) is 0 Å². The van der Waals surface area contributed by atoms with Crippen LogP contribution < -0.4 is 10.2 Å². The van der Waals surface area contributed by atoms with Crippen LogP contribution in [0.1, 0.15) is 10.4 Å². The maximum atomic E-state index is 12.7. The molecule has 0 saturated carbocycles. The van der Waals surface area contributed by atoms with Crippen LogP contribution >= 0.6 is 0 Å². The normalized spacial score (nSPS) is 14.5. The molecule has 1 N–H and O–H groups in total. The summed E-state index contributed by atoms with van der Waals surface area (Å²) in [6.45, 7) is 3.06. The van der Waals surface area contributed by atoms with Crippen LogP contribution in [0, 0.1) is 0 Å². The lowest BCUT2D eigenvalue weighted by molar-refractivity contribution is 0.102. The van der Waals surface area contributed by atoms with Crippen LogP contribution in [0.15, 0.2) is 60.8 Å². The Balaban J connectivity index is 1.59. The first-order chi connectivity index (χ1) is 12.3. The molecule has 1 fully saturated rings. The third-order valence-corrected chi connectivity index (χ3v) is 4.36. The Hall–Kier alpha value is -2.92. The SMILES string of the molecule is O=C(Nc1ccccc1N1CCOCC1)c1cnc2ccccc2c1. The number of pyridine rings is 1. The molecule has 0 bridgehead atoms. The van der Waals surface area contributed by atoms with Gasteiger partial charge in [-0.2, -0.15) is 0 Å². The van der Waals surface area contributed by atoms with Gasteiger partial charge in [-0.3, -0.25) is 9.78 Å². The maximum absolute atomic E-state index is 12.7. The van der Waals surface area contributed by atoms with Gasteiger partial charge in [-0.15, -0.1) is 0 Å². The van der Waals surface area contributed by atoms with E-state index in [-0.39, 0.29) is 5.91 Å². The van der Waals surface area contributed by atoms with Crippen molar-refractivity contribution in [3.05, 3.63) is 66.4 Å². The quantitative estimate of drug-likeness (QED) is 0.799. The van der Waals surface area contributed by atoms with Crippen molar-refractivity contribution in [2.24, 2.45) is 0 Å². The van der Waals surface area contributed by atoms with Crippen LogP contribution in [0.4, 0.5) is 11.4 Å². The van der Waals surface area contributed by atoms with Crippen molar-refractivity contribution in [3.63, 3.8) is 0 Å². The van der Waals surface area contributed by atoms with Gasteiger partial charge < -0.3 is 15.0 Å². The highest BCUT2D eigenvalue weighted by molar-refractivity contribution is 6.07. The molecule has 0 aliphatic carbocycles. The Morgan fingerprint density at radius 2 is 1.80 bits per heavy atom. The van der Waals surface area contributed by atoms with E-state index in [0.29, 0.717) is 18.8 Å². The molecule has 5 nitrogen and oxygen atoms in total. The third-order valence-electron chi connectivity index (χ3n) is 4.36. The summed E-state index contributed by atoms with van der Waals surface area (Å²) in [6.07, 6.45) is 1.62. The predicted octanol–water partition coefficient (Wildman–Crippen LogP) is 3.32. The summed E-state index contributed by atoms with van der Waals surface area (Å²) in [5, 5.41) is 3.98. The van der Waals surface area contributed by atoms with E-state index < -0.39 is 0 Å². The molecular weight excluding hydrogens is 314 g/mol. The molecule has 0 spiro atoms. The van der Waals surface area contributed by atoms with Crippen molar-refractivity contribution in [3.8, 4) is 0 Å². The summed E-state index contributed by atoms with van der Waals surface area (Å²) in [5.41, 5.74) is 3.26. The smallest absolute Gasteiger partial charge is 0.257 e. The molecule has 0 atom stereocenters. The Bertz CT molecular complexity index is 904. The number of morpholine rings is 1. The standard InChI is InChI=1S/C20H19N3O2/c24-20(16-13-15-5-1-2-6-17(15)21-14-16)22-18-7-3-4-8-19(18)23-9-11-25-12-10-23/h1-8,13-14H,9-12H2,(H,22,24). The third kappa shape index (κ3) is 3.32. The number of amides is 1. The number of rotatable bonds is 3. The minimum Gasteiger partial charge on any atom is -0.378 e. The second kappa shape index (κ2) is 6.91. The fourth-order valence-electron chi connectivity index (χ4n) is 3.05. The lowest BCUT2D eigenvalue weighted by Crippen LogP contribution is -2.36. The largest absolute Gasteiger partial charge is 0.378 e. The second-order valence-electron chi connectivity index (χ2n) is 5.99. The number of aromatic nitrogens is 1. The van der Waals surface area contributed by atoms with Crippen LogP contribution in [-0.4, -0.2) is 37.2 Å². The molecule has 0 radical (unpaired) electrons. The Morgan fingerprint density at radius 1 is 1.04 bits per heavy atom. The van der Waals surface area contributed by atoms with Crippen LogP contribution in [0.25, 0.3) is 10.9 Å². The molecule has 2 aromatic carbocycles. The summed E-state index contributed by atoms with van der Waals surface area (Å²) >= 11 is 0. The number of nitrogens with one attached hydrogen (secondary N) is 1. The van der Waals surface area contributed by atoms with E-state index in [1.807, 2.05) is 54.6 Å². The Kier molecular flexibility index (Phi) is 4.31. The number of hydrogen-bond donors (Lipinski definition) is 1. The average molecular weight is 333 g/mol. The molecule has 3 aromatic rings. The number of carbonyl (C=O) groups is 1. The number of para-hydroxylation sites is 3. The Morgan fingerprint density at radius 3 is 2.68 bits per heavy atom. The van der Waals surface area contributed by atoms with Crippen molar-refractivity contribution < 1.29 is 9.53 Å². The van der Waals surface area contributed by atoms with Gasteiger partial charge in [0.05, 0.1) is 35.7 Å². The van der Waals surface area contributed by atoms with Crippen molar-refractivity contribution in [1.29, 1.82) is 0 Å². The van der Waals surface area contributed by atoms with Gasteiger partial charge in [0, 0.05) is 24.7 Å². The molecule has 1 aromatic heterocycles. The Labute approximate surface area is 146 Å². The number of ether oxygens (including phenoxy) is 1. The summed E-state index contributed by atoms with van der Waals surface area (Å²) in [7, 11) is 0. The van der Waals surface area contributed by atoms with Gasteiger partial charge in [0.2, 0.25) is 0 Å². The zero-order chi connectivity index (χ0) is 17.1. The molecule has 5 heteroatoms. The summed E-state index contributed by atoms with van der Waals surface area (Å²) < 4.78 is 5.42. The first-order valence-corrected chi connectivity index (χ1v) is 8.39. The minimum absolute atomic E-state index is 0.154. The number of hydrogen-bond acceptors (Lipinski definition) is 4. The predicted molar refractivity (Wildman–Crippen MR) is 99.2 cm³/mol. The number of anilines is 2. The van der Waals surface area contributed by atoms with E-state index in [1.54, 1.807) is 6.20 Å². The molecule has 126 valence electrons. The second-order valence-corrected chi connectivity index (χ2v) is 5.99. The van der Waals surface area contributed by atoms with Gasteiger partial charge in [-0.05, 0) is 24.3 Å². The lowest BCUT2D eigenvalue weighted by Gasteiger charge is -2.30. The fraction of sp³-hybridized carbons (Fsp3) is 0.200. The van der Waals surface area contributed by atoms with E-state index in [2.05, 4.69) is 15.2 Å². The van der Waals surface area contributed by atoms with E-state index in [0.717, 1.165) is 35.4 Å². The van der Waals surface area contributed by atoms with Crippen LogP contribution in [0.5, 0.6) is 0 Å². The zero-order valence-electron chi connectivity index (χ0n) is 13.8. The summed E-state index contributed by atoms with van der Waals surface area (Å²) in [6, 6.07) is 17.5. The number of fused-ring (bicyclic) bond motifs is 1. The van der Waals surface area contributed by atoms with E-state index >= 15 is 0 Å². The lowest BCUT2D eigenvalue weighted by atomic mass is 10.1. The maximum Gasteiger partial charge on any atom is 0.257 e. The monoisotopic (exact) mass is 333 g/mol. The van der Waals surface area contributed by atoms with E-state index in [4.69, 9.17) is 4.74 Å². The molecule has 0 unspecified atom stereocenters.